The number of carbonyl (C=O) groups is 1. The Hall–Kier alpha value is -1.40. The van der Waals surface area contributed by atoms with Crippen LogP contribution in [0.2, 0.25) is 0 Å². The van der Waals surface area contributed by atoms with Crippen molar-refractivity contribution in [3.05, 3.63) is 29.3 Å². The topological polar surface area (TPSA) is 52.6 Å². The second kappa shape index (κ2) is 6.68. The fourth-order valence-corrected chi connectivity index (χ4v) is 2.06. The molecule has 0 unspecified atom stereocenters. The molecule has 7 heteroatoms. The highest BCUT2D eigenvalue weighted by atomic mass is 35.5. The van der Waals surface area contributed by atoms with Gasteiger partial charge in [0.15, 0.2) is 0 Å². The normalized spacial score (nSPS) is 15.6. The summed E-state index contributed by atoms with van der Waals surface area (Å²) in [6.07, 6.45) is 0.791. The van der Waals surface area contributed by atoms with E-state index in [0.29, 0.717) is 19.6 Å². The Morgan fingerprint density at radius 3 is 2.42 bits per heavy atom. The maximum absolute atomic E-state index is 13.8. The number of nitrogens with one attached hydrogen (secondary N) is 1. The van der Waals surface area contributed by atoms with Crippen LogP contribution in [-0.4, -0.2) is 37.3 Å². The summed E-state index contributed by atoms with van der Waals surface area (Å²) >= 11 is 0. The van der Waals surface area contributed by atoms with Gasteiger partial charge in [0.25, 0.3) is 0 Å². The third-order valence-electron chi connectivity index (χ3n) is 2.92. The molecule has 0 aliphatic carbocycles. The number of aromatic carboxylic acids is 1. The maximum atomic E-state index is 13.8. The molecule has 1 saturated heterocycles. The van der Waals surface area contributed by atoms with Crippen LogP contribution in [0.1, 0.15) is 16.8 Å². The molecule has 1 heterocycles. The van der Waals surface area contributed by atoms with Crippen molar-refractivity contribution in [3.8, 4) is 0 Å². The van der Waals surface area contributed by atoms with E-state index < -0.39 is 17.6 Å². The van der Waals surface area contributed by atoms with Crippen LogP contribution >= 0.6 is 12.4 Å². The lowest BCUT2D eigenvalue weighted by Gasteiger charge is -2.23. The Bertz CT molecular complexity index is 440. The SMILES string of the molecule is Cl.O=C(O)c1cc(F)c(N2CCCNCC2)c(F)c1. The lowest BCUT2D eigenvalue weighted by Crippen LogP contribution is -2.29. The van der Waals surface area contributed by atoms with Crippen molar-refractivity contribution in [1.82, 2.24) is 5.32 Å². The van der Waals surface area contributed by atoms with Crippen LogP contribution in [0.15, 0.2) is 12.1 Å². The smallest absolute Gasteiger partial charge is 0.335 e. The third-order valence-corrected chi connectivity index (χ3v) is 2.92. The van der Waals surface area contributed by atoms with E-state index in [2.05, 4.69) is 5.32 Å². The largest absolute Gasteiger partial charge is 0.478 e. The molecule has 1 aliphatic rings. The summed E-state index contributed by atoms with van der Waals surface area (Å²) < 4.78 is 27.6. The summed E-state index contributed by atoms with van der Waals surface area (Å²) in [6.45, 7) is 2.51. The Morgan fingerprint density at radius 1 is 1.21 bits per heavy atom. The molecular weight excluding hydrogens is 278 g/mol. The van der Waals surface area contributed by atoms with Crippen LogP contribution in [-0.2, 0) is 0 Å². The van der Waals surface area contributed by atoms with Gasteiger partial charge in [-0.05, 0) is 25.1 Å². The summed E-state index contributed by atoms with van der Waals surface area (Å²) in [7, 11) is 0. The number of nitrogens with zero attached hydrogens (tertiary/aromatic N) is 1. The van der Waals surface area contributed by atoms with E-state index in [4.69, 9.17) is 5.11 Å². The van der Waals surface area contributed by atoms with Gasteiger partial charge in [0.05, 0.1) is 5.56 Å². The van der Waals surface area contributed by atoms with E-state index in [1.165, 1.54) is 0 Å². The molecule has 4 nitrogen and oxygen atoms in total. The van der Waals surface area contributed by atoms with Crippen LogP contribution in [0.3, 0.4) is 0 Å². The van der Waals surface area contributed by atoms with Crippen LogP contribution in [0, 0.1) is 11.6 Å². The van der Waals surface area contributed by atoms with Gasteiger partial charge in [-0.1, -0.05) is 0 Å². The van der Waals surface area contributed by atoms with Crippen molar-refractivity contribution in [2.45, 2.75) is 6.42 Å². The lowest BCUT2D eigenvalue weighted by molar-refractivity contribution is 0.0696. The average molecular weight is 293 g/mol. The molecule has 0 spiro atoms. The Labute approximate surface area is 115 Å². The summed E-state index contributed by atoms with van der Waals surface area (Å²) in [5, 5.41) is 11.9. The maximum Gasteiger partial charge on any atom is 0.335 e. The predicted molar refractivity (Wildman–Crippen MR) is 70.3 cm³/mol. The van der Waals surface area contributed by atoms with Crippen molar-refractivity contribution < 1.29 is 18.7 Å². The molecular formula is C12H15ClF2N2O2. The van der Waals surface area contributed by atoms with Crippen LogP contribution < -0.4 is 10.2 Å². The van der Waals surface area contributed by atoms with Gasteiger partial charge in [0.1, 0.15) is 17.3 Å². The monoisotopic (exact) mass is 292 g/mol. The zero-order chi connectivity index (χ0) is 13.1. The van der Waals surface area contributed by atoms with Crippen molar-refractivity contribution in [1.29, 1.82) is 0 Å². The van der Waals surface area contributed by atoms with Gasteiger partial charge < -0.3 is 15.3 Å². The molecule has 19 heavy (non-hydrogen) atoms. The molecule has 1 aliphatic heterocycles. The summed E-state index contributed by atoms with van der Waals surface area (Å²) in [5.41, 5.74) is -0.509. The third kappa shape index (κ3) is 3.54. The number of halogens is 3. The summed E-state index contributed by atoms with van der Waals surface area (Å²) in [5.74, 6) is -2.99. The minimum absolute atomic E-state index is 0. The number of benzene rings is 1. The first-order valence-corrected chi connectivity index (χ1v) is 5.77. The second-order valence-corrected chi connectivity index (χ2v) is 4.18. The predicted octanol–water partition coefficient (Wildman–Crippen LogP) is 1.88. The molecule has 2 rings (SSSR count). The number of rotatable bonds is 2. The fraction of sp³-hybridized carbons (Fsp3) is 0.417. The van der Waals surface area contributed by atoms with Crippen molar-refractivity contribution in [3.63, 3.8) is 0 Å². The molecule has 1 aromatic carbocycles. The standard InChI is InChI=1S/C12H14F2N2O2.ClH/c13-9-6-8(12(17)18)7-10(14)11(9)16-4-1-2-15-3-5-16;/h6-7,15H,1-5H2,(H,17,18);1H. The van der Waals surface area contributed by atoms with E-state index >= 15 is 0 Å². The average Bonchev–Trinajstić information content (AvgIpc) is 2.57. The number of hydrogen-bond donors (Lipinski definition) is 2. The van der Waals surface area contributed by atoms with Gasteiger partial charge in [0, 0.05) is 19.6 Å². The Balaban J connectivity index is 0.00000180. The van der Waals surface area contributed by atoms with Crippen molar-refractivity contribution in [2.24, 2.45) is 0 Å². The van der Waals surface area contributed by atoms with E-state index in [1.54, 1.807) is 4.90 Å². The number of anilines is 1. The van der Waals surface area contributed by atoms with Crippen LogP contribution in [0.5, 0.6) is 0 Å². The van der Waals surface area contributed by atoms with Gasteiger partial charge in [-0.15, -0.1) is 12.4 Å². The zero-order valence-electron chi connectivity index (χ0n) is 10.2. The van der Waals surface area contributed by atoms with Gasteiger partial charge >= 0.3 is 5.97 Å². The van der Waals surface area contributed by atoms with E-state index in [1.807, 2.05) is 0 Å². The van der Waals surface area contributed by atoms with Crippen molar-refractivity contribution in [2.75, 3.05) is 31.1 Å². The highest BCUT2D eigenvalue weighted by Gasteiger charge is 2.20. The number of carboxylic acid groups (broad SMARTS) is 1. The van der Waals surface area contributed by atoms with Crippen LogP contribution in [0.4, 0.5) is 14.5 Å². The summed E-state index contributed by atoms with van der Waals surface area (Å²) in [6, 6.07) is 1.72. The molecule has 0 saturated carbocycles. The zero-order valence-corrected chi connectivity index (χ0v) is 11.0. The first kappa shape index (κ1) is 15.7. The van der Waals surface area contributed by atoms with Crippen LogP contribution in [0.25, 0.3) is 0 Å². The molecule has 2 N–H and O–H groups in total. The second-order valence-electron chi connectivity index (χ2n) is 4.18. The van der Waals surface area contributed by atoms with E-state index in [9.17, 15) is 13.6 Å². The molecule has 1 fully saturated rings. The molecule has 0 atom stereocenters. The lowest BCUT2D eigenvalue weighted by atomic mass is 10.1. The van der Waals surface area contributed by atoms with E-state index in [0.717, 1.165) is 25.1 Å². The van der Waals surface area contributed by atoms with Gasteiger partial charge in [0.2, 0.25) is 0 Å². The van der Waals surface area contributed by atoms with Gasteiger partial charge in [-0.3, -0.25) is 0 Å². The highest BCUT2D eigenvalue weighted by molar-refractivity contribution is 5.88. The van der Waals surface area contributed by atoms with Crippen molar-refractivity contribution >= 4 is 24.1 Å². The molecule has 0 bridgehead atoms. The highest BCUT2D eigenvalue weighted by Crippen LogP contribution is 2.25. The summed E-state index contributed by atoms with van der Waals surface area (Å²) in [4.78, 5) is 12.3. The minimum atomic E-state index is -1.34. The minimum Gasteiger partial charge on any atom is -0.478 e. The first-order valence-electron chi connectivity index (χ1n) is 5.77. The van der Waals surface area contributed by atoms with Gasteiger partial charge in [-0.25, -0.2) is 13.6 Å². The van der Waals surface area contributed by atoms with Gasteiger partial charge in [-0.2, -0.15) is 0 Å². The number of hydrogen-bond acceptors (Lipinski definition) is 3. The number of carboxylic acids is 1. The first-order chi connectivity index (χ1) is 8.59. The quantitative estimate of drug-likeness (QED) is 0.874. The fourth-order valence-electron chi connectivity index (χ4n) is 2.06. The molecule has 1 aromatic rings. The molecule has 0 aromatic heterocycles. The molecule has 106 valence electrons. The Kier molecular flexibility index (Phi) is 5.50. The van der Waals surface area contributed by atoms with E-state index in [-0.39, 0.29) is 23.7 Å². The molecule has 0 radical (unpaired) electrons. The Morgan fingerprint density at radius 2 is 1.84 bits per heavy atom. The molecule has 0 amide bonds.